The molecule has 1 atom stereocenters. The first kappa shape index (κ1) is 14.4. The van der Waals surface area contributed by atoms with Gasteiger partial charge in [-0.05, 0) is 38.6 Å². The molecule has 1 heterocycles. The summed E-state index contributed by atoms with van der Waals surface area (Å²) in [7, 11) is 0. The number of ether oxygens (including phenoxy) is 1. The summed E-state index contributed by atoms with van der Waals surface area (Å²) in [5.41, 5.74) is 2.50. The van der Waals surface area contributed by atoms with Gasteiger partial charge in [0.05, 0.1) is 0 Å². The normalized spacial score (nSPS) is 18.3. The van der Waals surface area contributed by atoms with Gasteiger partial charge in [0, 0.05) is 30.1 Å². The number of hydrogen-bond acceptors (Lipinski definition) is 4. The smallest absolute Gasteiger partial charge is 0.154 e. The second-order valence-electron chi connectivity index (χ2n) is 5.14. The number of aryl methyl sites for hydroxylation is 1. The number of nitrogens with one attached hydrogen (secondary N) is 1. The van der Waals surface area contributed by atoms with Crippen LogP contribution in [0.3, 0.4) is 0 Å². The van der Waals surface area contributed by atoms with Crippen LogP contribution in [-0.4, -0.2) is 23.1 Å². The van der Waals surface area contributed by atoms with E-state index in [4.69, 9.17) is 4.74 Å². The van der Waals surface area contributed by atoms with E-state index in [1.807, 2.05) is 6.20 Å². The first-order valence-corrected chi connectivity index (χ1v) is 7.51. The van der Waals surface area contributed by atoms with Crippen molar-refractivity contribution >= 4 is 0 Å². The highest BCUT2D eigenvalue weighted by Crippen LogP contribution is 2.27. The van der Waals surface area contributed by atoms with Gasteiger partial charge in [0.2, 0.25) is 0 Å². The summed E-state index contributed by atoms with van der Waals surface area (Å²) in [4.78, 5) is 9.11. The third-order valence-corrected chi connectivity index (χ3v) is 3.45. The molecular weight excluding hydrogens is 238 g/mol. The van der Waals surface area contributed by atoms with Gasteiger partial charge in [-0.1, -0.05) is 13.8 Å². The molecule has 0 spiro atoms. The third-order valence-electron chi connectivity index (χ3n) is 3.45. The van der Waals surface area contributed by atoms with Gasteiger partial charge >= 0.3 is 0 Å². The van der Waals surface area contributed by atoms with Crippen molar-refractivity contribution in [3.05, 3.63) is 23.3 Å². The van der Waals surface area contributed by atoms with E-state index in [-0.39, 0.29) is 0 Å². The van der Waals surface area contributed by atoms with E-state index in [0.717, 1.165) is 38.2 Å². The highest BCUT2D eigenvalue weighted by atomic mass is 16.5. The van der Waals surface area contributed by atoms with Crippen molar-refractivity contribution in [3.63, 3.8) is 0 Å². The van der Waals surface area contributed by atoms with Gasteiger partial charge in [0.1, 0.15) is 6.61 Å². The Bertz CT molecular complexity index is 395. The van der Waals surface area contributed by atoms with E-state index >= 15 is 0 Å². The van der Waals surface area contributed by atoms with Crippen molar-refractivity contribution < 1.29 is 4.74 Å². The van der Waals surface area contributed by atoms with Crippen LogP contribution in [0.15, 0.2) is 6.20 Å². The van der Waals surface area contributed by atoms with Gasteiger partial charge in [-0.2, -0.15) is 0 Å². The summed E-state index contributed by atoms with van der Waals surface area (Å²) in [6.45, 7) is 6.68. The van der Waals surface area contributed by atoms with Crippen LogP contribution in [0.25, 0.3) is 0 Å². The molecule has 1 aliphatic rings. The standard InChI is InChI=1S/C15H25N3O/c1-3-8-16-13-6-5-7-14-12(13)10-17-15(18-14)11-19-9-4-2/h10,13,16H,3-9,11H2,1-2H3. The molecule has 0 aliphatic heterocycles. The lowest BCUT2D eigenvalue weighted by Gasteiger charge is -2.25. The lowest BCUT2D eigenvalue weighted by atomic mass is 9.92. The maximum atomic E-state index is 5.51. The summed E-state index contributed by atoms with van der Waals surface area (Å²) in [6.07, 6.45) is 7.68. The number of rotatable bonds is 7. The Labute approximate surface area is 116 Å². The van der Waals surface area contributed by atoms with Crippen molar-refractivity contribution in [2.24, 2.45) is 0 Å². The predicted octanol–water partition coefficient (Wildman–Crippen LogP) is 2.78. The van der Waals surface area contributed by atoms with Crippen LogP contribution in [-0.2, 0) is 17.8 Å². The van der Waals surface area contributed by atoms with Gasteiger partial charge in [-0.15, -0.1) is 0 Å². The molecule has 19 heavy (non-hydrogen) atoms. The summed E-state index contributed by atoms with van der Waals surface area (Å²) in [5.74, 6) is 0.823. The fraction of sp³-hybridized carbons (Fsp3) is 0.733. The zero-order chi connectivity index (χ0) is 13.5. The summed E-state index contributed by atoms with van der Waals surface area (Å²) < 4.78 is 5.51. The largest absolute Gasteiger partial charge is 0.373 e. The Balaban J connectivity index is 2.02. The van der Waals surface area contributed by atoms with Gasteiger partial charge in [0.15, 0.2) is 5.82 Å². The molecule has 1 aliphatic carbocycles. The average Bonchev–Trinajstić information content (AvgIpc) is 2.45. The Hall–Kier alpha value is -1.00. The highest BCUT2D eigenvalue weighted by molar-refractivity contribution is 5.24. The SMILES string of the molecule is CCCNC1CCCc2nc(COCCC)ncc21. The first-order chi connectivity index (χ1) is 9.35. The fourth-order valence-corrected chi connectivity index (χ4v) is 2.50. The predicted molar refractivity (Wildman–Crippen MR) is 76.0 cm³/mol. The van der Waals surface area contributed by atoms with Crippen LogP contribution in [0.2, 0.25) is 0 Å². The molecule has 0 bridgehead atoms. The van der Waals surface area contributed by atoms with Gasteiger partial charge < -0.3 is 10.1 Å². The average molecular weight is 263 g/mol. The van der Waals surface area contributed by atoms with Crippen LogP contribution >= 0.6 is 0 Å². The third kappa shape index (κ3) is 3.98. The minimum absolute atomic E-state index is 0.439. The summed E-state index contributed by atoms with van der Waals surface area (Å²) in [6, 6.07) is 0.439. The van der Waals surface area contributed by atoms with Crippen LogP contribution in [0.5, 0.6) is 0 Å². The van der Waals surface area contributed by atoms with Crippen molar-refractivity contribution in [3.8, 4) is 0 Å². The topological polar surface area (TPSA) is 47.0 Å². The second kappa shape index (κ2) is 7.56. The molecule has 1 unspecified atom stereocenters. The Morgan fingerprint density at radius 3 is 3.05 bits per heavy atom. The zero-order valence-corrected chi connectivity index (χ0v) is 12.1. The Morgan fingerprint density at radius 2 is 2.26 bits per heavy atom. The molecule has 4 heteroatoms. The molecule has 2 rings (SSSR count). The molecule has 4 nitrogen and oxygen atoms in total. The number of fused-ring (bicyclic) bond motifs is 1. The molecule has 0 fully saturated rings. The summed E-state index contributed by atoms with van der Waals surface area (Å²) >= 11 is 0. The molecule has 0 saturated heterocycles. The van der Waals surface area contributed by atoms with Crippen molar-refractivity contribution in [2.45, 2.75) is 58.6 Å². The molecule has 1 aromatic rings. The number of hydrogen-bond donors (Lipinski definition) is 1. The molecule has 1 aromatic heterocycles. The van der Waals surface area contributed by atoms with E-state index in [1.54, 1.807) is 0 Å². The van der Waals surface area contributed by atoms with Crippen LogP contribution in [0, 0.1) is 0 Å². The monoisotopic (exact) mass is 263 g/mol. The molecule has 0 aromatic carbocycles. The molecular formula is C15H25N3O. The van der Waals surface area contributed by atoms with Gasteiger partial charge in [-0.3, -0.25) is 0 Å². The Kier molecular flexibility index (Phi) is 5.73. The first-order valence-electron chi connectivity index (χ1n) is 7.51. The maximum Gasteiger partial charge on any atom is 0.154 e. The Morgan fingerprint density at radius 1 is 1.37 bits per heavy atom. The lowest BCUT2D eigenvalue weighted by molar-refractivity contribution is 0.115. The second-order valence-corrected chi connectivity index (χ2v) is 5.14. The van der Waals surface area contributed by atoms with Crippen LogP contribution < -0.4 is 5.32 Å². The van der Waals surface area contributed by atoms with E-state index in [2.05, 4.69) is 29.1 Å². The van der Waals surface area contributed by atoms with Crippen LogP contribution in [0.1, 0.15) is 62.7 Å². The lowest BCUT2D eigenvalue weighted by Crippen LogP contribution is -2.27. The quantitative estimate of drug-likeness (QED) is 0.768. The molecule has 106 valence electrons. The van der Waals surface area contributed by atoms with E-state index < -0.39 is 0 Å². The minimum Gasteiger partial charge on any atom is -0.373 e. The number of aromatic nitrogens is 2. The highest BCUT2D eigenvalue weighted by Gasteiger charge is 2.21. The van der Waals surface area contributed by atoms with Crippen LogP contribution in [0.4, 0.5) is 0 Å². The van der Waals surface area contributed by atoms with Gasteiger partial charge in [0.25, 0.3) is 0 Å². The van der Waals surface area contributed by atoms with Crippen molar-refractivity contribution in [1.29, 1.82) is 0 Å². The minimum atomic E-state index is 0.439. The molecule has 0 amide bonds. The molecule has 0 saturated carbocycles. The van der Waals surface area contributed by atoms with E-state index in [0.29, 0.717) is 12.6 Å². The van der Waals surface area contributed by atoms with Crippen molar-refractivity contribution in [2.75, 3.05) is 13.2 Å². The zero-order valence-electron chi connectivity index (χ0n) is 12.1. The maximum absolute atomic E-state index is 5.51. The molecule has 0 radical (unpaired) electrons. The number of nitrogens with zero attached hydrogens (tertiary/aromatic N) is 2. The van der Waals surface area contributed by atoms with E-state index in [9.17, 15) is 0 Å². The van der Waals surface area contributed by atoms with Gasteiger partial charge in [-0.25, -0.2) is 9.97 Å². The van der Waals surface area contributed by atoms with E-state index in [1.165, 1.54) is 24.1 Å². The van der Waals surface area contributed by atoms with Crippen molar-refractivity contribution in [1.82, 2.24) is 15.3 Å². The molecule has 1 N–H and O–H groups in total. The fourth-order valence-electron chi connectivity index (χ4n) is 2.50. The summed E-state index contributed by atoms with van der Waals surface area (Å²) in [5, 5.41) is 3.59.